The van der Waals surface area contributed by atoms with Crippen LogP contribution in [0.5, 0.6) is 0 Å². The number of hydrogen-bond donors (Lipinski definition) is 3. The second-order valence-corrected chi connectivity index (χ2v) is 3.20. The largest absolute Gasteiger partial charge is 0.450 e. The molecule has 0 bridgehead atoms. The van der Waals surface area contributed by atoms with Gasteiger partial charge in [-0.3, -0.25) is 9.59 Å². The van der Waals surface area contributed by atoms with E-state index < -0.39 is 12.0 Å². The van der Waals surface area contributed by atoms with Crippen molar-refractivity contribution in [3.8, 4) is 0 Å². The van der Waals surface area contributed by atoms with Crippen molar-refractivity contribution in [2.75, 3.05) is 26.2 Å². The minimum atomic E-state index is -0.655. The summed E-state index contributed by atoms with van der Waals surface area (Å²) in [5, 5.41) is 7.22. The molecule has 0 aromatic carbocycles. The molecular formula is C10H19N3O4. The fourth-order valence-electron chi connectivity index (χ4n) is 0.903. The van der Waals surface area contributed by atoms with E-state index in [1.165, 1.54) is 0 Å². The number of carbonyl (C=O) groups is 3. The van der Waals surface area contributed by atoms with Gasteiger partial charge >= 0.3 is 6.09 Å². The zero-order chi connectivity index (χ0) is 13.1. The van der Waals surface area contributed by atoms with Crippen LogP contribution in [0.4, 0.5) is 4.79 Å². The van der Waals surface area contributed by atoms with Crippen LogP contribution < -0.4 is 16.0 Å². The van der Waals surface area contributed by atoms with Crippen LogP contribution in [-0.2, 0) is 14.3 Å². The van der Waals surface area contributed by atoms with E-state index in [1.54, 1.807) is 6.92 Å². The molecule has 0 aromatic heterocycles. The minimum absolute atomic E-state index is 0.0939. The van der Waals surface area contributed by atoms with E-state index in [2.05, 4.69) is 20.7 Å². The van der Waals surface area contributed by atoms with Crippen LogP contribution in [0.1, 0.15) is 20.3 Å². The predicted octanol–water partition coefficient (Wildman–Crippen LogP) is -0.625. The summed E-state index contributed by atoms with van der Waals surface area (Å²) in [7, 11) is 0. The normalized spacial score (nSPS) is 9.29. The molecule has 0 aromatic rings. The molecule has 0 rings (SSSR count). The monoisotopic (exact) mass is 245 g/mol. The number of alkyl carbamates (subject to hydrolysis) is 1. The SMILES string of the molecule is CCCNC(=O)CNC(=O)CNC(=O)OCC. The average Bonchev–Trinajstić information content (AvgIpc) is 2.31. The highest BCUT2D eigenvalue weighted by Crippen LogP contribution is 1.76. The van der Waals surface area contributed by atoms with Gasteiger partial charge in [-0.1, -0.05) is 6.92 Å². The molecule has 0 atom stereocenters. The van der Waals surface area contributed by atoms with Gasteiger partial charge in [0.2, 0.25) is 11.8 Å². The smallest absolute Gasteiger partial charge is 0.407 e. The quantitative estimate of drug-likeness (QED) is 0.556. The van der Waals surface area contributed by atoms with E-state index in [0.717, 1.165) is 6.42 Å². The molecule has 0 heterocycles. The van der Waals surface area contributed by atoms with Gasteiger partial charge < -0.3 is 20.7 Å². The third-order valence-electron chi connectivity index (χ3n) is 1.69. The molecule has 0 spiro atoms. The number of ether oxygens (including phenoxy) is 1. The average molecular weight is 245 g/mol. The molecule has 0 saturated carbocycles. The van der Waals surface area contributed by atoms with Crippen molar-refractivity contribution in [2.45, 2.75) is 20.3 Å². The Morgan fingerprint density at radius 1 is 0.941 bits per heavy atom. The molecule has 0 aliphatic carbocycles. The lowest BCUT2D eigenvalue weighted by Gasteiger charge is -2.07. The lowest BCUT2D eigenvalue weighted by atomic mass is 10.4. The standard InChI is InChI=1S/C10H19N3O4/c1-3-5-11-8(14)6-12-9(15)7-13-10(16)17-4-2/h3-7H2,1-2H3,(H,11,14)(H,12,15)(H,13,16). The zero-order valence-corrected chi connectivity index (χ0v) is 10.2. The van der Waals surface area contributed by atoms with Gasteiger partial charge in [-0.25, -0.2) is 4.79 Å². The summed E-state index contributed by atoms with van der Waals surface area (Å²) < 4.78 is 4.56. The van der Waals surface area contributed by atoms with Crippen molar-refractivity contribution >= 4 is 17.9 Å². The fraction of sp³-hybridized carbons (Fsp3) is 0.700. The summed E-state index contributed by atoms with van der Waals surface area (Å²) >= 11 is 0. The zero-order valence-electron chi connectivity index (χ0n) is 10.2. The van der Waals surface area contributed by atoms with Crippen LogP contribution in [0, 0.1) is 0 Å². The Bertz CT molecular complexity index is 268. The molecule has 0 saturated heterocycles. The summed E-state index contributed by atoms with van der Waals surface area (Å²) in [6.07, 6.45) is 0.183. The van der Waals surface area contributed by atoms with E-state index >= 15 is 0 Å². The highest BCUT2D eigenvalue weighted by atomic mass is 16.5. The van der Waals surface area contributed by atoms with Crippen molar-refractivity contribution in [1.82, 2.24) is 16.0 Å². The lowest BCUT2D eigenvalue weighted by Crippen LogP contribution is -2.42. The van der Waals surface area contributed by atoms with E-state index in [4.69, 9.17) is 0 Å². The first-order valence-electron chi connectivity index (χ1n) is 5.54. The van der Waals surface area contributed by atoms with Crippen molar-refractivity contribution in [3.63, 3.8) is 0 Å². The fourth-order valence-corrected chi connectivity index (χ4v) is 0.903. The number of hydrogen-bond acceptors (Lipinski definition) is 4. The molecule has 17 heavy (non-hydrogen) atoms. The maximum absolute atomic E-state index is 11.2. The van der Waals surface area contributed by atoms with Crippen molar-refractivity contribution in [2.24, 2.45) is 0 Å². The van der Waals surface area contributed by atoms with E-state index in [1.807, 2.05) is 6.92 Å². The molecule has 0 radical (unpaired) electrons. The Morgan fingerprint density at radius 3 is 2.12 bits per heavy atom. The molecule has 0 aliphatic heterocycles. The first kappa shape index (κ1) is 15.2. The second kappa shape index (κ2) is 9.44. The van der Waals surface area contributed by atoms with Gasteiger partial charge in [0.25, 0.3) is 0 Å². The first-order valence-corrected chi connectivity index (χ1v) is 5.54. The number of carbonyl (C=O) groups excluding carboxylic acids is 3. The molecule has 0 unspecified atom stereocenters. The van der Waals surface area contributed by atoms with Gasteiger partial charge in [0.15, 0.2) is 0 Å². The van der Waals surface area contributed by atoms with Gasteiger partial charge in [0, 0.05) is 6.54 Å². The van der Waals surface area contributed by atoms with Crippen LogP contribution in [-0.4, -0.2) is 44.1 Å². The van der Waals surface area contributed by atoms with Crippen LogP contribution in [0.25, 0.3) is 0 Å². The highest BCUT2D eigenvalue weighted by Gasteiger charge is 2.06. The van der Waals surface area contributed by atoms with Gasteiger partial charge in [0.1, 0.15) is 6.54 Å². The first-order chi connectivity index (χ1) is 8.10. The number of nitrogens with one attached hydrogen (secondary N) is 3. The summed E-state index contributed by atoms with van der Waals surface area (Å²) in [6, 6.07) is 0. The summed E-state index contributed by atoms with van der Waals surface area (Å²) in [4.78, 5) is 33.1. The van der Waals surface area contributed by atoms with Gasteiger partial charge in [-0.15, -0.1) is 0 Å². The summed E-state index contributed by atoms with van der Waals surface area (Å²) in [5.74, 6) is -0.693. The second-order valence-electron chi connectivity index (χ2n) is 3.20. The van der Waals surface area contributed by atoms with Crippen LogP contribution in [0.15, 0.2) is 0 Å². The van der Waals surface area contributed by atoms with E-state index in [-0.39, 0.29) is 25.6 Å². The maximum atomic E-state index is 11.2. The van der Waals surface area contributed by atoms with E-state index in [0.29, 0.717) is 6.54 Å². The predicted molar refractivity (Wildman–Crippen MR) is 61.3 cm³/mol. The topological polar surface area (TPSA) is 96.5 Å². The Balaban J connectivity index is 3.59. The Kier molecular flexibility index (Phi) is 8.44. The van der Waals surface area contributed by atoms with Gasteiger partial charge in [0.05, 0.1) is 13.2 Å². The Hall–Kier alpha value is -1.79. The summed E-state index contributed by atoms with van der Waals surface area (Å²) in [5.41, 5.74) is 0. The van der Waals surface area contributed by atoms with Crippen molar-refractivity contribution in [3.05, 3.63) is 0 Å². The number of rotatable bonds is 7. The molecule has 7 heteroatoms. The van der Waals surface area contributed by atoms with Gasteiger partial charge in [-0.2, -0.15) is 0 Å². The Morgan fingerprint density at radius 2 is 1.53 bits per heavy atom. The molecule has 3 amide bonds. The third kappa shape index (κ3) is 9.16. The Labute approximate surface area is 100 Å². The molecule has 98 valence electrons. The van der Waals surface area contributed by atoms with Crippen molar-refractivity contribution < 1.29 is 19.1 Å². The lowest BCUT2D eigenvalue weighted by molar-refractivity contribution is -0.125. The molecule has 0 aliphatic rings. The van der Waals surface area contributed by atoms with E-state index in [9.17, 15) is 14.4 Å². The summed E-state index contributed by atoms with van der Waals surface area (Å²) in [6.45, 7) is 4.12. The molecular weight excluding hydrogens is 226 g/mol. The third-order valence-corrected chi connectivity index (χ3v) is 1.69. The number of amides is 3. The van der Waals surface area contributed by atoms with Crippen LogP contribution in [0.3, 0.4) is 0 Å². The molecule has 0 fully saturated rings. The minimum Gasteiger partial charge on any atom is -0.450 e. The van der Waals surface area contributed by atoms with Crippen LogP contribution >= 0.6 is 0 Å². The molecule has 7 nitrogen and oxygen atoms in total. The molecule has 3 N–H and O–H groups in total. The van der Waals surface area contributed by atoms with Crippen LogP contribution in [0.2, 0.25) is 0 Å². The maximum Gasteiger partial charge on any atom is 0.407 e. The van der Waals surface area contributed by atoms with Gasteiger partial charge in [-0.05, 0) is 13.3 Å². The van der Waals surface area contributed by atoms with Crippen molar-refractivity contribution in [1.29, 1.82) is 0 Å². The highest BCUT2D eigenvalue weighted by molar-refractivity contribution is 5.87.